The average Bonchev–Trinajstić information content (AvgIpc) is 2.92. The molecule has 1 aromatic rings. The fourth-order valence-electron chi connectivity index (χ4n) is 2.90. The molecule has 1 heterocycles. The van der Waals surface area contributed by atoms with Gasteiger partial charge in [-0.25, -0.2) is 0 Å². The lowest BCUT2D eigenvalue weighted by Gasteiger charge is -2.36. The van der Waals surface area contributed by atoms with Crippen LogP contribution in [0.2, 0.25) is 0 Å². The second kappa shape index (κ2) is 5.30. The van der Waals surface area contributed by atoms with Crippen molar-refractivity contribution in [2.24, 2.45) is 0 Å². The summed E-state index contributed by atoms with van der Waals surface area (Å²) >= 11 is 1.82. The molecule has 0 spiro atoms. The zero-order valence-corrected chi connectivity index (χ0v) is 11.0. The Morgan fingerprint density at radius 3 is 2.75 bits per heavy atom. The highest BCUT2D eigenvalue weighted by Gasteiger charge is 2.42. The molecule has 2 rings (SSSR count). The van der Waals surface area contributed by atoms with Gasteiger partial charge in [0.15, 0.2) is 0 Å². The normalized spacial score (nSPS) is 21.1. The van der Waals surface area contributed by atoms with Crippen LogP contribution >= 0.6 is 11.3 Å². The molecular formula is C13H21NOS. The highest BCUT2D eigenvalue weighted by molar-refractivity contribution is 7.10. The zero-order chi connectivity index (χ0) is 11.4. The summed E-state index contributed by atoms with van der Waals surface area (Å²) in [7, 11) is 2.05. The Morgan fingerprint density at radius 1 is 1.50 bits per heavy atom. The SMILES string of the molecule is CCOC1(C(NC)c2cccs2)CCCC1. The minimum Gasteiger partial charge on any atom is -0.373 e. The van der Waals surface area contributed by atoms with Gasteiger partial charge in [0.1, 0.15) is 0 Å². The maximum Gasteiger partial charge on any atom is 0.0884 e. The van der Waals surface area contributed by atoms with Crippen LogP contribution in [0.25, 0.3) is 0 Å². The molecule has 1 unspecified atom stereocenters. The molecular weight excluding hydrogens is 218 g/mol. The van der Waals surface area contributed by atoms with E-state index >= 15 is 0 Å². The quantitative estimate of drug-likeness (QED) is 0.850. The van der Waals surface area contributed by atoms with Gasteiger partial charge in [0.05, 0.1) is 11.6 Å². The van der Waals surface area contributed by atoms with Crippen molar-refractivity contribution in [1.29, 1.82) is 0 Å². The van der Waals surface area contributed by atoms with Gasteiger partial charge < -0.3 is 10.1 Å². The van der Waals surface area contributed by atoms with Crippen molar-refractivity contribution in [3.63, 3.8) is 0 Å². The number of ether oxygens (including phenoxy) is 1. The number of nitrogens with one attached hydrogen (secondary N) is 1. The van der Waals surface area contributed by atoms with E-state index in [-0.39, 0.29) is 5.60 Å². The Hall–Kier alpha value is -0.380. The summed E-state index contributed by atoms with van der Waals surface area (Å²) in [5.41, 5.74) is 0.0361. The van der Waals surface area contributed by atoms with Crippen molar-refractivity contribution < 1.29 is 4.74 Å². The molecule has 0 radical (unpaired) electrons. The predicted octanol–water partition coefficient (Wildman–Crippen LogP) is 3.36. The van der Waals surface area contributed by atoms with Gasteiger partial charge in [-0.15, -0.1) is 11.3 Å². The minimum atomic E-state index is 0.0361. The smallest absolute Gasteiger partial charge is 0.0884 e. The van der Waals surface area contributed by atoms with Crippen LogP contribution in [0.1, 0.15) is 43.5 Å². The van der Waals surface area contributed by atoms with Gasteiger partial charge >= 0.3 is 0 Å². The van der Waals surface area contributed by atoms with Gasteiger partial charge in [-0.05, 0) is 38.3 Å². The first kappa shape index (κ1) is 12.1. The van der Waals surface area contributed by atoms with Gasteiger partial charge in [-0.2, -0.15) is 0 Å². The van der Waals surface area contributed by atoms with Crippen molar-refractivity contribution in [3.05, 3.63) is 22.4 Å². The van der Waals surface area contributed by atoms with Gasteiger partial charge in [-0.3, -0.25) is 0 Å². The zero-order valence-electron chi connectivity index (χ0n) is 10.2. The molecule has 0 amide bonds. The number of hydrogen-bond donors (Lipinski definition) is 1. The highest BCUT2D eigenvalue weighted by Crippen LogP contribution is 2.43. The largest absolute Gasteiger partial charge is 0.373 e. The van der Waals surface area contributed by atoms with Crippen LogP contribution in [-0.2, 0) is 4.74 Å². The third kappa shape index (κ3) is 2.17. The summed E-state index contributed by atoms with van der Waals surface area (Å²) in [5, 5.41) is 5.60. The first-order chi connectivity index (χ1) is 7.82. The van der Waals surface area contributed by atoms with Crippen molar-refractivity contribution in [2.45, 2.75) is 44.2 Å². The molecule has 0 aromatic carbocycles. The Balaban J connectivity index is 2.23. The molecule has 0 bridgehead atoms. The van der Waals surface area contributed by atoms with Gasteiger partial charge in [0.2, 0.25) is 0 Å². The van der Waals surface area contributed by atoms with E-state index < -0.39 is 0 Å². The molecule has 1 atom stereocenters. The number of likely N-dealkylation sites (N-methyl/N-ethyl adjacent to an activating group) is 1. The molecule has 1 N–H and O–H groups in total. The van der Waals surface area contributed by atoms with Crippen LogP contribution in [0.3, 0.4) is 0 Å². The summed E-state index contributed by atoms with van der Waals surface area (Å²) in [6.07, 6.45) is 4.96. The lowest BCUT2D eigenvalue weighted by atomic mass is 9.90. The van der Waals surface area contributed by atoms with Gasteiger partial charge in [0, 0.05) is 11.5 Å². The van der Waals surface area contributed by atoms with E-state index in [1.54, 1.807) is 0 Å². The molecule has 90 valence electrons. The molecule has 1 saturated carbocycles. The van der Waals surface area contributed by atoms with Gasteiger partial charge in [0.25, 0.3) is 0 Å². The van der Waals surface area contributed by atoms with Crippen molar-refractivity contribution in [2.75, 3.05) is 13.7 Å². The number of rotatable bonds is 5. The van der Waals surface area contributed by atoms with Crippen molar-refractivity contribution in [3.8, 4) is 0 Å². The standard InChI is InChI=1S/C13H21NOS/c1-3-15-13(8-4-5-9-13)12(14-2)11-7-6-10-16-11/h6-7,10,12,14H,3-5,8-9H2,1-2H3. The van der Waals surface area contributed by atoms with E-state index in [0.29, 0.717) is 6.04 Å². The third-order valence-corrected chi connectivity index (χ3v) is 4.46. The third-order valence-electron chi connectivity index (χ3n) is 3.52. The van der Waals surface area contributed by atoms with Crippen LogP contribution in [0.15, 0.2) is 17.5 Å². The van der Waals surface area contributed by atoms with E-state index in [0.717, 1.165) is 6.61 Å². The monoisotopic (exact) mass is 239 g/mol. The van der Waals surface area contributed by atoms with Crippen molar-refractivity contribution >= 4 is 11.3 Å². The molecule has 1 aliphatic rings. The first-order valence-corrected chi connectivity index (χ1v) is 7.05. The van der Waals surface area contributed by atoms with Crippen LogP contribution < -0.4 is 5.32 Å². The van der Waals surface area contributed by atoms with E-state index in [2.05, 4.69) is 29.8 Å². The van der Waals surface area contributed by atoms with E-state index in [9.17, 15) is 0 Å². The van der Waals surface area contributed by atoms with Crippen LogP contribution in [-0.4, -0.2) is 19.3 Å². The fourth-order valence-corrected chi connectivity index (χ4v) is 3.84. The summed E-state index contributed by atoms with van der Waals surface area (Å²) in [5.74, 6) is 0. The van der Waals surface area contributed by atoms with Gasteiger partial charge in [-0.1, -0.05) is 18.9 Å². The lowest BCUT2D eigenvalue weighted by molar-refractivity contribution is -0.0602. The Labute approximate surface area is 102 Å². The molecule has 0 aliphatic heterocycles. The lowest BCUT2D eigenvalue weighted by Crippen LogP contribution is -2.42. The molecule has 3 heteroatoms. The number of thiophene rings is 1. The Morgan fingerprint density at radius 2 is 2.25 bits per heavy atom. The second-order valence-corrected chi connectivity index (χ2v) is 5.42. The molecule has 2 nitrogen and oxygen atoms in total. The fraction of sp³-hybridized carbons (Fsp3) is 0.692. The first-order valence-electron chi connectivity index (χ1n) is 6.17. The average molecular weight is 239 g/mol. The maximum atomic E-state index is 6.11. The molecule has 16 heavy (non-hydrogen) atoms. The molecule has 0 saturated heterocycles. The van der Waals surface area contributed by atoms with Crippen LogP contribution in [0.4, 0.5) is 0 Å². The van der Waals surface area contributed by atoms with E-state index in [4.69, 9.17) is 4.74 Å². The van der Waals surface area contributed by atoms with E-state index in [1.807, 2.05) is 18.4 Å². The van der Waals surface area contributed by atoms with Crippen molar-refractivity contribution in [1.82, 2.24) is 5.32 Å². The molecule has 1 fully saturated rings. The summed E-state index contributed by atoms with van der Waals surface area (Å²) in [4.78, 5) is 1.40. The topological polar surface area (TPSA) is 21.3 Å². The second-order valence-electron chi connectivity index (χ2n) is 4.44. The molecule has 1 aliphatic carbocycles. The summed E-state index contributed by atoms with van der Waals surface area (Å²) in [6, 6.07) is 4.69. The summed E-state index contributed by atoms with van der Waals surface area (Å²) in [6.45, 7) is 2.91. The Bertz CT molecular complexity index is 304. The predicted molar refractivity (Wildman–Crippen MR) is 68.9 cm³/mol. The van der Waals surface area contributed by atoms with Crippen LogP contribution in [0.5, 0.6) is 0 Å². The molecule has 1 aromatic heterocycles. The minimum absolute atomic E-state index is 0.0361. The number of hydrogen-bond acceptors (Lipinski definition) is 3. The van der Waals surface area contributed by atoms with Crippen LogP contribution in [0, 0.1) is 0 Å². The summed E-state index contributed by atoms with van der Waals surface area (Å²) < 4.78 is 6.11. The Kier molecular flexibility index (Phi) is 4.00. The maximum absolute atomic E-state index is 6.11. The highest BCUT2D eigenvalue weighted by atomic mass is 32.1. The van der Waals surface area contributed by atoms with E-state index in [1.165, 1.54) is 30.6 Å².